The van der Waals surface area contributed by atoms with Crippen LogP contribution in [0.15, 0.2) is 30.3 Å². The zero-order chi connectivity index (χ0) is 15.1. The molecule has 2 unspecified atom stereocenters. The van der Waals surface area contributed by atoms with Gasteiger partial charge in [-0.3, -0.25) is 4.79 Å². The third-order valence-corrected chi connectivity index (χ3v) is 5.40. The van der Waals surface area contributed by atoms with Crippen molar-refractivity contribution < 1.29 is 4.79 Å². The number of carbonyl (C=O) groups is 1. The van der Waals surface area contributed by atoms with Gasteiger partial charge in [0, 0.05) is 18.3 Å². The predicted octanol–water partition coefficient (Wildman–Crippen LogP) is 2.81. The van der Waals surface area contributed by atoms with E-state index in [0.29, 0.717) is 12.0 Å². The van der Waals surface area contributed by atoms with Gasteiger partial charge in [0.05, 0.1) is 5.25 Å². The molecule has 21 heavy (non-hydrogen) atoms. The minimum absolute atomic E-state index is 0.0205. The number of rotatable bonds is 6. The van der Waals surface area contributed by atoms with Crippen LogP contribution in [-0.4, -0.2) is 30.3 Å². The van der Waals surface area contributed by atoms with Crippen molar-refractivity contribution in [3.05, 3.63) is 35.9 Å². The number of thioether (sulfide) groups is 1. The molecule has 1 aliphatic rings. The van der Waals surface area contributed by atoms with E-state index in [1.54, 1.807) is 11.8 Å². The Kier molecular flexibility index (Phi) is 6.58. The largest absolute Gasteiger partial charge is 0.351 e. The van der Waals surface area contributed by atoms with Crippen LogP contribution in [0.5, 0.6) is 0 Å². The van der Waals surface area contributed by atoms with Crippen LogP contribution in [0.2, 0.25) is 0 Å². The molecule has 0 aliphatic carbocycles. The SMILES string of the molecule is CC(C)C(SCc1ccccc1)C(=O)NC1CCCNC1. The van der Waals surface area contributed by atoms with Crippen molar-refractivity contribution in [3.63, 3.8) is 0 Å². The lowest BCUT2D eigenvalue weighted by atomic mass is 10.1. The Labute approximate surface area is 132 Å². The monoisotopic (exact) mass is 306 g/mol. The Morgan fingerprint density at radius 1 is 1.38 bits per heavy atom. The standard InChI is InChI=1S/C17H26N2OS/c1-13(2)16(21-12-14-7-4-3-5-8-14)17(20)19-15-9-6-10-18-11-15/h3-5,7-8,13,15-16,18H,6,9-12H2,1-2H3,(H,19,20). The summed E-state index contributed by atoms with van der Waals surface area (Å²) >= 11 is 1.75. The number of hydrogen-bond donors (Lipinski definition) is 2. The number of hydrogen-bond acceptors (Lipinski definition) is 3. The summed E-state index contributed by atoms with van der Waals surface area (Å²) in [7, 11) is 0. The van der Waals surface area contributed by atoms with Crippen LogP contribution < -0.4 is 10.6 Å². The summed E-state index contributed by atoms with van der Waals surface area (Å²) in [4.78, 5) is 12.5. The highest BCUT2D eigenvalue weighted by Gasteiger charge is 2.25. The van der Waals surface area contributed by atoms with Gasteiger partial charge in [0.15, 0.2) is 0 Å². The maximum atomic E-state index is 12.5. The van der Waals surface area contributed by atoms with E-state index in [-0.39, 0.29) is 11.2 Å². The Bertz CT molecular complexity index is 430. The fraction of sp³-hybridized carbons (Fsp3) is 0.588. The van der Waals surface area contributed by atoms with Crippen LogP contribution in [0, 0.1) is 5.92 Å². The summed E-state index contributed by atoms with van der Waals surface area (Å²) in [5, 5.41) is 6.58. The van der Waals surface area contributed by atoms with Gasteiger partial charge in [0.2, 0.25) is 5.91 Å². The Balaban J connectivity index is 1.86. The number of piperidine rings is 1. The molecule has 0 spiro atoms. The summed E-state index contributed by atoms with van der Waals surface area (Å²) in [5.74, 6) is 1.43. The normalized spacial score (nSPS) is 20.2. The van der Waals surface area contributed by atoms with Gasteiger partial charge in [-0.1, -0.05) is 44.2 Å². The van der Waals surface area contributed by atoms with Gasteiger partial charge in [0.1, 0.15) is 0 Å². The first-order valence-electron chi connectivity index (χ1n) is 7.83. The van der Waals surface area contributed by atoms with Crippen LogP contribution in [0.4, 0.5) is 0 Å². The number of nitrogens with one attached hydrogen (secondary N) is 2. The number of carbonyl (C=O) groups excluding carboxylic acids is 1. The Morgan fingerprint density at radius 3 is 2.76 bits per heavy atom. The van der Waals surface area contributed by atoms with Gasteiger partial charge in [-0.05, 0) is 30.9 Å². The summed E-state index contributed by atoms with van der Waals surface area (Å²) < 4.78 is 0. The molecule has 0 saturated carbocycles. The summed E-state index contributed by atoms with van der Waals surface area (Å²) in [6, 6.07) is 10.7. The first-order chi connectivity index (χ1) is 10.2. The van der Waals surface area contributed by atoms with E-state index in [1.165, 1.54) is 5.56 Å². The van der Waals surface area contributed by atoms with Crippen molar-refractivity contribution in [1.29, 1.82) is 0 Å². The van der Waals surface area contributed by atoms with E-state index >= 15 is 0 Å². The molecule has 1 aliphatic heterocycles. The molecule has 0 aromatic heterocycles. The predicted molar refractivity (Wildman–Crippen MR) is 90.4 cm³/mol. The summed E-state index contributed by atoms with van der Waals surface area (Å²) in [5.41, 5.74) is 1.28. The fourth-order valence-corrected chi connectivity index (χ4v) is 3.76. The van der Waals surface area contributed by atoms with Crippen molar-refractivity contribution in [1.82, 2.24) is 10.6 Å². The molecule has 1 aromatic rings. The molecular formula is C17H26N2OS. The third kappa shape index (κ3) is 5.36. The molecule has 0 bridgehead atoms. The van der Waals surface area contributed by atoms with E-state index in [1.807, 2.05) is 18.2 Å². The highest BCUT2D eigenvalue weighted by Crippen LogP contribution is 2.24. The fourth-order valence-electron chi connectivity index (χ4n) is 2.59. The van der Waals surface area contributed by atoms with Gasteiger partial charge >= 0.3 is 0 Å². The first kappa shape index (κ1) is 16.4. The van der Waals surface area contributed by atoms with Gasteiger partial charge in [-0.2, -0.15) is 0 Å². The second-order valence-corrected chi connectivity index (χ2v) is 7.14. The Hall–Kier alpha value is -1.00. The van der Waals surface area contributed by atoms with Crippen LogP contribution in [0.25, 0.3) is 0 Å². The topological polar surface area (TPSA) is 41.1 Å². The molecule has 2 atom stereocenters. The summed E-state index contributed by atoms with van der Waals surface area (Å²) in [6.07, 6.45) is 2.24. The second-order valence-electron chi connectivity index (χ2n) is 6.01. The van der Waals surface area contributed by atoms with Crippen LogP contribution in [-0.2, 0) is 10.5 Å². The molecular weight excluding hydrogens is 280 g/mol. The summed E-state index contributed by atoms with van der Waals surface area (Å²) in [6.45, 7) is 6.23. The van der Waals surface area contributed by atoms with Crippen LogP contribution in [0.1, 0.15) is 32.3 Å². The van der Waals surface area contributed by atoms with Crippen molar-refractivity contribution in [3.8, 4) is 0 Å². The van der Waals surface area contributed by atoms with E-state index < -0.39 is 0 Å². The first-order valence-corrected chi connectivity index (χ1v) is 8.88. The molecule has 0 radical (unpaired) electrons. The van der Waals surface area contributed by atoms with E-state index in [9.17, 15) is 4.79 Å². The van der Waals surface area contributed by atoms with Crippen molar-refractivity contribution in [2.75, 3.05) is 13.1 Å². The van der Waals surface area contributed by atoms with E-state index in [4.69, 9.17) is 0 Å². The lowest BCUT2D eigenvalue weighted by molar-refractivity contribution is -0.122. The van der Waals surface area contributed by atoms with E-state index in [2.05, 4.69) is 36.6 Å². The minimum atomic E-state index is 0.0205. The Morgan fingerprint density at radius 2 is 2.14 bits per heavy atom. The average molecular weight is 306 g/mol. The van der Waals surface area contributed by atoms with Gasteiger partial charge in [-0.25, -0.2) is 0 Å². The van der Waals surface area contributed by atoms with Gasteiger partial charge in [-0.15, -0.1) is 11.8 Å². The molecule has 1 heterocycles. The minimum Gasteiger partial charge on any atom is -0.351 e. The number of benzene rings is 1. The maximum Gasteiger partial charge on any atom is 0.233 e. The smallest absolute Gasteiger partial charge is 0.233 e. The van der Waals surface area contributed by atoms with Crippen LogP contribution in [0.3, 0.4) is 0 Å². The van der Waals surface area contributed by atoms with Gasteiger partial charge in [0.25, 0.3) is 0 Å². The molecule has 1 saturated heterocycles. The van der Waals surface area contributed by atoms with Gasteiger partial charge < -0.3 is 10.6 Å². The highest BCUT2D eigenvalue weighted by molar-refractivity contribution is 7.99. The molecule has 3 nitrogen and oxygen atoms in total. The lowest BCUT2D eigenvalue weighted by Gasteiger charge is -2.27. The van der Waals surface area contributed by atoms with Crippen LogP contribution >= 0.6 is 11.8 Å². The zero-order valence-electron chi connectivity index (χ0n) is 13.0. The molecule has 116 valence electrons. The van der Waals surface area contributed by atoms with Crippen molar-refractivity contribution in [2.24, 2.45) is 5.92 Å². The highest BCUT2D eigenvalue weighted by atomic mass is 32.2. The molecule has 1 aromatic carbocycles. The third-order valence-electron chi connectivity index (χ3n) is 3.78. The molecule has 1 amide bonds. The molecule has 1 fully saturated rings. The van der Waals surface area contributed by atoms with E-state index in [0.717, 1.165) is 31.7 Å². The quantitative estimate of drug-likeness (QED) is 0.849. The molecule has 4 heteroatoms. The molecule has 2 rings (SSSR count). The lowest BCUT2D eigenvalue weighted by Crippen LogP contribution is -2.49. The van der Waals surface area contributed by atoms with Crippen molar-refractivity contribution in [2.45, 2.75) is 43.7 Å². The average Bonchev–Trinajstić information content (AvgIpc) is 2.49. The van der Waals surface area contributed by atoms with Crippen molar-refractivity contribution >= 4 is 17.7 Å². The second kappa shape index (κ2) is 8.44. The maximum absolute atomic E-state index is 12.5. The number of amides is 1. The zero-order valence-corrected chi connectivity index (χ0v) is 13.8. The molecule has 2 N–H and O–H groups in total.